The highest BCUT2D eigenvalue weighted by Crippen LogP contribution is 2.32. The Morgan fingerprint density at radius 2 is 1.85 bits per heavy atom. The van der Waals surface area contributed by atoms with Crippen LogP contribution in [-0.4, -0.2) is 12.4 Å². The summed E-state index contributed by atoms with van der Waals surface area (Å²) in [7, 11) is 0. The predicted octanol–water partition coefficient (Wildman–Crippen LogP) is 5.76. The molecule has 0 fully saturated rings. The number of nitrogens with one attached hydrogen (secondary N) is 1. The maximum absolute atomic E-state index is 11.8. The lowest BCUT2D eigenvalue weighted by Crippen LogP contribution is -2.07. The quantitative estimate of drug-likeness (QED) is 0.467. The van der Waals surface area contributed by atoms with Crippen molar-refractivity contribution >= 4 is 22.8 Å². The number of ether oxygens (including phenoxy) is 1. The molecule has 4 nitrogen and oxygen atoms in total. The van der Waals surface area contributed by atoms with E-state index in [1.807, 2.05) is 31.2 Å². The summed E-state index contributed by atoms with van der Waals surface area (Å²) in [6.07, 6.45) is 0.474. The Balaban J connectivity index is 2.24. The summed E-state index contributed by atoms with van der Waals surface area (Å²) in [6.45, 7) is 11.1. The van der Waals surface area contributed by atoms with E-state index < -0.39 is 0 Å². The molecule has 2 aromatic carbocycles. The summed E-state index contributed by atoms with van der Waals surface area (Å²) in [5, 5.41) is 3.35. The van der Waals surface area contributed by atoms with Crippen LogP contribution in [-0.2, 0) is 0 Å². The molecule has 0 saturated heterocycles. The van der Waals surface area contributed by atoms with Gasteiger partial charge in [-0.25, -0.2) is 0 Å². The predicted molar refractivity (Wildman–Crippen MR) is 110 cm³/mol. The van der Waals surface area contributed by atoms with Crippen molar-refractivity contribution < 1.29 is 9.53 Å². The summed E-state index contributed by atoms with van der Waals surface area (Å²) >= 11 is 0. The standard InChI is InChI=1S/C22H30N2O2/c1-6-21(25)16-7-9-20(19(23)11-16)24-17-8-10-22(26-13-14(2)3)18(12-17)15(4)5/h7-12,14-15,24H,6,13,23H2,1-5H3. The lowest BCUT2D eigenvalue weighted by atomic mass is 10.0. The number of carbonyl (C=O) groups excluding carboxylic acids is 1. The molecule has 2 aromatic rings. The summed E-state index contributed by atoms with van der Waals surface area (Å²) in [4.78, 5) is 11.8. The van der Waals surface area contributed by atoms with Gasteiger partial charge in [0, 0.05) is 17.7 Å². The third-order valence-electron chi connectivity index (χ3n) is 4.18. The first-order valence-electron chi connectivity index (χ1n) is 9.28. The van der Waals surface area contributed by atoms with Gasteiger partial charge >= 0.3 is 0 Å². The van der Waals surface area contributed by atoms with Crippen LogP contribution in [0.4, 0.5) is 17.1 Å². The van der Waals surface area contributed by atoms with Crippen LogP contribution in [0.1, 0.15) is 62.9 Å². The molecule has 3 N–H and O–H groups in total. The van der Waals surface area contributed by atoms with Crippen molar-refractivity contribution in [2.45, 2.75) is 47.0 Å². The van der Waals surface area contributed by atoms with Gasteiger partial charge in [0.15, 0.2) is 5.78 Å². The van der Waals surface area contributed by atoms with Gasteiger partial charge in [-0.15, -0.1) is 0 Å². The van der Waals surface area contributed by atoms with Crippen molar-refractivity contribution in [3.63, 3.8) is 0 Å². The largest absolute Gasteiger partial charge is 0.493 e. The average molecular weight is 354 g/mol. The van der Waals surface area contributed by atoms with Crippen molar-refractivity contribution in [1.29, 1.82) is 0 Å². The van der Waals surface area contributed by atoms with E-state index in [1.54, 1.807) is 6.07 Å². The normalized spacial score (nSPS) is 11.0. The second-order valence-corrected chi connectivity index (χ2v) is 7.32. The molecule has 0 aliphatic rings. The molecular formula is C22H30N2O2. The van der Waals surface area contributed by atoms with Crippen molar-refractivity contribution in [3.8, 4) is 5.75 Å². The van der Waals surface area contributed by atoms with Crippen molar-refractivity contribution in [3.05, 3.63) is 47.5 Å². The third-order valence-corrected chi connectivity index (χ3v) is 4.18. The Morgan fingerprint density at radius 3 is 2.42 bits per heavy atom. The van der Waals surface area contributed by atoms with Gasteiger partial charge < -0.3 is 15.8 Å². The van der Waals surface area contributed by atoms with Crippen LogP contribution in [0.25, 0.3) is 0 Å². The molecule has 0 saturated carbocycles. The van der Waals surface area contributed by atoms with Crippen LogP contribution in [0, 0.1) is 5.92 Å². The first-order valence-corrected chi connectivity index (χ1v) is 9.28. The molecule has 0 amide bonds. The van der Waals surface area contributed by atoms with Gasteiger partial charge in [-0.3, -0.25) is 4.79 Å². The molecule has 0 heterocycles. The molecule has 0 unspecified atom stereocenters. The molecule has 0 bridgehead atoms. The number of hydrogen-bond donors (Lipinski definition) is 2. The fraction of sp³-hybridized carbons (Fsp3) is 0.409. The molecule has 0 aliphatic heterocycles. The maximum Gasteiger partial charge on any atom is 0.162 e. The SMILES string of the molecule is CCC(=O)c1ccc(Nc2ccc(OCC(C)C)c(C(C)C)c2)c(N)c1. The van der Waals surface area contributed by atoms with Gasteiger partial charge in [0.05, 0.1) is 18.0 Å². The zero-order valence-electron chi connectivity index (χ0n) is 16.4. The molecule has 0 radical (unpaired) electrons. The van der Waals surface area contributed by atoms with Crippen molar-refractivity contribution in [2.75, 3.05) is 17.7 Å². The molecule has 26 heavy (non-hydrogen) atoms. The number of nitrogen functional groups attached to an aromatic ring is 1. The van der Waals surface area contributed by atoms with E-state index in [0.717, 1.165) is 22.7 Å². The van der Waals surface area contributed by atoms with E-state index >= 15 is 0 Å². The van der Waals surface area contributed by atoms with E-state index in [0.29, 0.717) is 36.1 Å². The minimum Gasteiger partial charge on any atom is -0.493 e. The molecule has 2 rings (SSSR count). The van der Waals surface area contributed by atoms with Gasteiger partial charge in [-0.2, -0.15) is 0 Å². The highest BCUT2D eigenvalue weighted by atomic mass is 16.5. The Hall–Kier alpha value is -2.49. The molecule has 0 atom stereocenters. The van der Waals surface area contributed by atoms with Crippen molar-refractivity contribution in [2.24, 2.45) is 5.92 Å². The monoisotopic (exact) mass is 354 g/mol. The zero-order chi connectivity index (χ0) is 19.3. The van der Waals surface area contributed by atoms with Crippen LogP contribution in [0.5, 0.6) is 5.75 Å². The van der Waals surface area contributed by atoms with E-state index in [1.165, 1.54) is 0 Å². The summed E-state index contributed by atoms with van der Waals surface area (Å²) in [6, 6.07) is 11.5. The van der Waals surface area contributed by atoms with Crippen LogP contribution in [0.15, 0.2) is 36.4 Å². The third kappa shape index (κ3) is 5.01. The van der Waals surface area contributed by atoms with Gasteiger partial charge in [0.2, 0.25) is 0 Å². The highest BCUT2D eigenvalue weighted by Gasteiger charge is 2.11. The van der Waals surface area contributed by atoms with Crippen LogP contribution < -0.4 is 15.8 Å². The Morgan fingerprint density at radius 1 is 1.12 bits per heavy atom. The number of anilines is 3. The second-order valence-electron chi connectivity index (χ2n) is 7.32. The average Bonchev–Trinajstić information content (AvgIpc) is 2.61. The van der Waals surface area contributed by atoms with Gasteiger partial charge in [0.1, 0.15) is 5.75 Å². The number of carbonyl (C=O) groups is 1. The Kier molecular flexibility index (Phi) is 6.67. The van der Waals surface area contributed by atoms with Gasteiger partial charge in [-0.1, -0.05) is 34.6 Å². The maximum atomic E-state index is 11.8. The van der Waals surface area contributed by atoms with E-state index in [4.69, 9.17) is 10.5 Å². The smallest absolute Gasteiger partial charge is 0.162 e. The topological polar surface area (TPSA) is 64.3 Å². The van der Waals surface area contributed by atoms with E-state index in [-0.39, 0.29) is 5.78 Å². The minimum absolute atomic E-state index is 0.0944. The lowest BCUT2D eigenvalue weighted by molar-refractivity contribution is 0.0988. The number of benzene rings is 2. The number of ketones is 1. The van der Waals surface area contributed by atoms with Crippen LogP contribution in [0.2, 0.25) is 0 Å². The summed E-state index contributed by atoms with van der Waals surface area (Å²) < 4.78 is 5.95. The number of Topliss-reactive ketones (excluding diaryl/α,β-unsaturated/α-hetero) is 1. The first-order chi connectivity index (χ1) is 12.3. The zero-order valence-corrected chi connectivity index (χ0v) is 16.4. The number of hydrogen-bond acceptors (Lipinski definition) is 4. The Bertz CT molecular complexity index is 767. The summed E-state index contributed by atoms with van der Waals surface area (Å²) in [5.41, 5.74) is 10.2. The van der Waals surface area contributed by atoms with Crippen molar-refractivity contribution in [1.82, 2.24) is 0 Å². The summed E-state index contributed by atoms with van der Waals surface area (Å²) in [5.74, 6) is 1.85. The molecule has 140 valence electrons. The second kappa shape index (κ2) is 8.75. The molecular weight excluding hydrogens is 324 g/mol. The Labute approximate surface area is 156 Å². The fourth-order valence-corrected chi connectivity index (χ4v) is 2.67. The minimum atomic E-state index is 0.0944. The van der Waals surface area contributed by atoms with Crippen LogP contribution in [0.3, 0.4) is 0 Å². The van der Waals surface area contributed by atoms with Gasteiger partial charge in [-0.05, 0) is 53.8 Å². The molecule has 0 spiro atoms. The first kappa shape index (κ1) is 19.8. The molecule has 0 aromatic heterocycles. The molecule has 0 aliphatic carbocycles. The highest BCUT2D eigenvalue weighted by molar-refractivity contribution is 5.97. The number of rotatable bonds is 8. The number of nitrogens with two attached hydrogens (primary N) is 1. The van der Waals surface area contributed by atoms with Gasteiger partial charge in [0.25, 0.3) is 0 Å². The molecule has 4 heteroatoms. The van der Waals surface area contributed by atoms with E-state index in [2.05, 4.69) is 39.1 Å². The van der Waals surface area contributed by atoms with Crippen LogP contribution >= 0.6 is 0 Å². The van der Waals surface area contributed by atoms with E-state index in [9.17, 15) is 4.79 Å². The fourth-order valence-electron chi connectivity index (χ4n) is 2.67. The lowest BCUT2D eigenvalue weighted by Gasteiger charge is -2.18.